The van der Waals surface area contributed by atoms with Gasteiger partial charge in [-0.25, -0.2) is 4.68 Å². The van der Waals surface area contributed by atoms with E-state index in [1.54, 1.807) is 12.4 Å². The van der Waals surface area contributed by atoms with E-state index in [4.69, 9.17) is 9.47 Å². The largest absolute Gasteiger partial charge is 0.492 e. The average Bonchev–Trinajstić information content (AvgIpc) is 3.39. The van der Waals surface area contributed by atoms with Crippen LogP contribution in [0.1, 0.15) is 58.1 Å². The number of piperidine rings is 1. The van der Waals surface area contributed by atoms with Crippen molar-refractivity contribution in [3.05, 3.63) is 30.6 Å². The Kier molecular flexibility index (Phi) is 5.69. The van der Waals surface area contributed by atoms with Crippen LogP contribution in [-0.2, 0) is 9.53 Å². The van der Waals surface area contributed by atoms with Crippen LogP contribution in [0.15, 0.2) is 30.6 Å². The maximum atomic E-state index is 12.5. The van der Waals surface area contributed by atoms with Crippen molar-refractivity contribution >= 4 is 5.91 Å². The van der Waals surface area contributed by atoms with Gasteiger partial charge in [0.05, 0.1) is 24.2 Å². The van der Waals surface area contributed by atoms with Gasteiger partial charge in [0.25, 0.3) is 0 Å². The minimum Gasteiger partial charge on any atom is -0.492 e. The molecule has 4 heterocycles. The lowest BCUT2D eigenvalue weighted by Crippen LogP contribution is -2.42. The number of amides is 1. The number of aromatic nitrogens is 3. The van der Waals surface area contributed by atoms with E-state index in [1.165, 1.54) is 0 Å². The highest BCUT2D eigenvalue weighted by molar-refractivity contribution is 5.84. The van der Waals surface area contributed by atoms with Crippen molar-refractivity contribution in [1.82, 2.24) is 19.7 Å². The molecule has 31 heavy (non-hydrogen) atoms. The summed E-state index contributed by atoms with van der Waals surface area (Å²) in [4.78, 5) is 19.2. The highest BCUT2D eigenvalue weighted by atomic mass is 16.5. The van der Waals surface area contributed by atoms with Gasteiger partial charge in [-0.15, -0.1) is 0 Å². The van der Waals surface area contributed by atoms with Gasteiger partial charge in [-0.1, -0.05) is 6.92 Å². The van der Waals surface area contributed by atoms with Crippen LogP contribution in [0.2, 0.25) is 0 Å². The SMILES string of the molecule is CC1(C(=O)N2CCC(COc3ccc(-c4ccnn4C4CCCCO4)nc3)CC2)CC1. The summed E-state index contributed by atoms with van der Waals surface area (Å²) in [6.07, 6.45) is 11.0. The molecule has 0 aromatic carbocycles. The lowest BCUT2D eigenvalue weighted by Gasteiger charge is -2.33. The Bertz CT molecular complexity index is 892. The molecular formula is C24H32N4O3. The Labute approximate surface area is 183 Å². The van der Waals surface area contributed by atoms with E-state index in [0.717, 1.165) is 81.8 Å². The van der Waals surface area contributed by atoms with Crippen LogP contribution in [0.4, 0.5) is 0 Å². The summed E-state index contributed by atoms with van der Waals surface area (Å²) in [5.41, 5.74) is 1.79. The van der Waals surface area contributed by atoms with Gasteiger partial charge in [0.1, 0.15) is 5.75 Å². The third-order valence-electron chi connectivity index (χ3n) is 7.00. The standard InChI is InChI=1S/C24H32N4O3/c1-24(10-11-24)23(29)27-13-8-18(9-14-27)17-31-19-5-6-20(25-16-19)21-7-12-26-28(21)22-4-2-3-15-30-22/h5-7,12,16,18,22H,2-4,8-11,13-15,17H2,1H3. The highest BCUT2D eigenvalue weighted by Gasteiger charge is 2.47. The van der Waals surface area contributed by atoms with Crippen molar-refractivity contribution in [2.45, 2.75) is 58.1 Å². The Morgan fingerprint density at radius 2 is 2.03 bits per heavy atom. The van der Waals surface area contributed by atoms with Crippen LogP contribution < -0.4 is 4.74 Å². The van der Waals surface area contributed by atoms with Gasteiger partial charge in [-0.3, -0.25) is 9.78 Å². The number of rotatable bonds is 6. The third kappa shape index (κ3) is 4.47. The van der Waals surface area contributed by atoms with Crippen LogP contribution in [0.5, 0.6) is 5.75 Å². The van der Waals surface area contributed by atoms with E-state index in [9.17, 15) is 4.79 Å². The monoisotopic (exact) mass is 424 g/mol. The van der Waals surface area contributed by atoms with Gasteiger partial charge in [-0.2, -0.15) is 5.10 Å². The maximum absolute atomic E-state index is 12.5. The maximum Gasteiger partial charge on any atom is 0.228 e. The van der Waals surface area contributed by atoms with Crippen molar-refractivity contribution in [1.29, 1.82) is 0 Å². The van der Waals surface area contributed by atoms with Gasteiger partial charge in [0.2, 0.25) is 5.91 Å². The molecule has 166 valence electrons. The molecule has 5 rings (SSSR count). The first-order valence-electron chi connectivity index (χ1n) is 11.7. The predicted molar refractivity (Wildman–Crippen MR) is 116 cm³/mol. The van der Waals surface area contributed by atoms with Crippen molar-refractivity contribution in [2.24, 2.45) is 11.3 Å². The quantitative estimate of drug-likeness (QED) is 0.699. The topological polar surface area (TPSA) is 69.5 Å². The number of nitrogens with zero attached hydrogens (tertiary/aromatic N) is 4. The molecule has 1 unspecified atom stereocenters. The molecule has 0 radical (unpaired) electrons. The first-order valence-corrected chi connectivity index (χ1v) is 11.7. The van der Waals surface area contributed by atoms with Crippen LogP contribution in [-0.4, -0.2) is 51.9 Å². The summed E-state index contributed by atoms with van der Waals surface area (Å²) < 4.78 is 13.9. The molecule has 2 saturated heterocycles. The van der Waals surface area contributed by atoms with E-state index < -0.39 is 0 Å². The number of likely N-dealkylation sites (tertiary alicyclic amines) is 1. The van der Waals surface area contributed by atoms with Gasteiger partial charge in [0.15, 0.2) is 6.23 Å². The van der Waals surface area contributed by atoms with E-state index in [-0.39, 0.29) is 11.6 Å². The lowest BCUT2D eigenvalue weighted by molar-refractivity contribution is -0.137. The molecule has 1 amide bonds. The van der Waals surface area contributed by atoms with E-state index in [0.29, 0.717) is 18.4 Å². The fourth-order valence-electron chi connectivity index (χ4n) is 4.58. The molecule has 1 saturated carbocycles. The Balaban J connectivity index is 1.13. The van der Waals surface area contributed by atoms with Crippen molar-refractivity contribution in [3.8, 4) is 17.1 Å². The van der Waals surface area contributed by atoms with Crippen LogP contribution in [0, 0.1) is 11.3 Å². The first kappa shape index (κ1) is 20.5. The molecule has 3 fully saturated rings. The summed E-state index contributed by atoms with van der Waals surface area (Å²) in [5.74, 6) is 1.62. The number of ether oxygens (including phenoxy) is 2. The zero-order valence-corrected chi connectivity index (χ0v) is 18.3. The van der Waals surface area contributed by atoms with Gasteiger partial charge in [0, 0.05) is 31.3 Å². The van der Waals surface area contributed by atoms with Crippen LogP contribution in [0.25, 0.3) is 11.4 Å². The van der Waals surface area contributed by atoms with Crippen LogP contribution >= 0.6 is 0 Å². The van der Waals surface area contributed by atoms with E-state index in [2.05, 4.69) is 21.9 Å². The molecule has 0 N–H and O–H groups in total. The number of hydrogen-bond donors (Lipinski definition) is 0. The highest BCUT2D eigenvalue weighted by Crippen LogP contribution is 2.47. The molecule has 2 aliphatic heterocycles. The number of hydrogen-bond acceptors (Lipinski definition) is 5. The second-order valence-electron chi connectivity index (χ2n) is 9.47. The molecule has 7 nitrogen and oxygen atoms in total. The van der Waals surface area contributed by atoms with E-state index in [1.807, 2.05) is 22.9 Å². The number of carbonyl (C=O) groups excluding carboxylic acids is 1. The van der Waals surface area contributed by atoms with Gasteiger partial charge in [-0.05, 0) is 69.1 Å². The second-order valence-corrected chi connectivity index (χ2v) is 9.47. The molecule has 1 atom stereocenters. The minimum atomic E-state index is -0.0603. The van der Waals surface area contributed by atoms with Crippen molar-refractivity contribution in [2.75, 3.05) is 26.3 Å². The number of carbonyl (C=O) groups is 1. The minimum absolute atomic E-state index is 0.00303. The van der Waals surface area contributed by atoms with Crippen molar-refractivity contribution in [3.63, 3.8) is 0 Å². The molecule has 1 aliphatic carbocycles. The van der Waals surface area contributed by atoms with Gasteiger partial charge >= 0.3 is 0 Å². The third-order valence-corrected chi connectivity index (χ3v) is 7.00. The summed E-state index contributed by atoms with van der Waals surface area (Å²) in [7, 11) is 0. The van der Waals surface area contributed by atoms with Crippen molar-refractivity contribution < 1.29 is 14.3 Å². The average molecular weight is 425 g/mol. The second kappa shape index (κ2) is 8.61. The first-order chi connectivity index (χ1) is 15.1. The lowest BCUT2D eigenvalue weighted by atomic mass is 9.96. The predicted octanol–water partition coefficient (Wildman–Crippen LogP) is 4.06. The fraction of sp³-hybridized carbons (Fsp3) is 0.625. The normalized spacial score (nSPS) is 23.5. The van der Waals surface area contributed by atoms with Crippen LogP contribution in [0.3, 0.4) is 0 Å². The smallest absolute Gasteiger partial charge is 0.228 e. The Morgan fingerprint density at radius 1 is 1.19 bits per heavy atom. The summed E-state index contributed by atoms with van der Waals surface area (Å²) >= 11 is 0. The zero-order chi connectivity index (χ0) is 21.3. The molecule has 0 spiro atoms. The summed E-state index contributed by atoms with van der Waals surface area (Å²) in [6, 6.07) is 5.95. The molecular weight excluding hydrogens is 392 g/mol. The summed E-state index contributed by atoms with van der Waals surface area (Å²) in [6.45, 7) is 5.26. The van der Waals surface area contributed by atoms with Gasteiger partial charge < -0.3 is 14.4 Å². The van der Waals surface area contributed by atoms with E-state index >= 15 is 0 Å². The zero-order valence-electron chi connectivity index (χ0n) is 18.3. The molecule has 2 aromatic rings. The Morgan fingerprint density at radius 3 is 2.71 bits per heavy atom. The molecule has 2 aromatic heterocycles. The Hall–Kier alpha value is -2.41. The number of pyridine rings is 1. The molecule has 3 aliphatic rings. The fourth-order valence-corrected chi connectivity index (χ4v) is 4.58. The summed E-state index contributed by atoms with van der Waals surface area (Å²) in [5, 5.41) is 4.47. The molecule has 7 heteroatoms. The molecule has 0 bridgehead atoms.